The summed E-state index contributed by atoms with van der Waals surface area (Å²) >= 11 is 0. The number of hydrogen-bond acceptors (Lipinski definition) is 5. The van der Waals surface area contributed by atoms with Gasteiger partial charge in [0.05, 0.1) is 11.3 Å². The molecule has 5 rings (SSSR count). The van der Waals surface area contributed by atoms with Crippen molar-refractivity contribution in [1.29, 1.82) is 10.5 Å². The maximum atomic E-state index is 14.0. The molecule has 0 bridgehead atoms. The van der Waals surface area contributed by atoms with Crippen molar-refractivity contribution in [3.63, 3.8) is 0 Å². The zero-order chi connectivity index (χ0) is 31.1. The van der Waals surface area contributed by atoms with E-state index in [1.807, 2.05) is 43.5 Å². The molecule has 2 aromatic rings. The topological polar surface area (TPSA) is 108 Å². The maximum Gasteiger partial charge on any atom is 0.303 e. The summed E-state index contributed by atoms with van der Waals surface area (Å²) in [6, 6.07) is 20.4. The van der Waals surface area contributed by atoms with E-state index >= 15 is 0 Å². The second kappa shape index (κ2) is 11.2. The lowest BCUT2D eigenvalue weighted by Crippen LogP contribution is -2.37. The third-order valence-electron chi connectivity index (χ3n) is 9.26. The van der Waals surface area contributed by atoms with Crippen LogP contribution in [-0.4, -0.2) is 40.7 Å². The van der Waals surface area contributed by atoms with Gasteiger partial charge in [0.2, 0.25) is 5.69 Å². The highest BCUT2D eigenvalue weighted by Gasteiger charge is 2.49. The van der Waals surface area contributed by atoms with Crippen LogP contribution in [0.2, 0.25) is 0 Å². The number of fused-ring (bicyclic) bond motifs is 2. The highest BCUT2D eigenvalue weighted by Crippen LogP contribution is 2.50. The molecule has 1 N–H and O–H groups in total. The van der Waals surface area contributed by atoms with Crippen molar-refractivity contribution < 1.29 is 19.3 Å². The van der Waals surface area contributed by atoms with Crippen LogP contribution in [0.4, 0.5) is 11.4 Å². The number of hydrogen-bond donors (Lipinski definition) is 1. The van der Waals surface area contributed by atoms with E-state index in [1.54, 1.807) is 0 Å². The molecule has 7 heteroatoms. The van der Waals surface area contributed by atoms with Gasteiger partial charge in [-0.05, 0) is 44.4 Å². The zero-order valence-electron chi connectivity index (χ0n) is 25.4. The largest absolute Gasteiger partial charge is 0.481 e. The fourth-order valence-corrected chi connectivity index (χ4v) is 6.93. The van der Waals surface area contributed by atoms with E-state index in [-0.39, 0.29) is 23.2 Å². The molecule has 1 fully saturated rings. The van der Waals surface area contributed by atoms with Crippen molar-refractivity contribution in [1.82, 2.24) is 0 Å². The number of likely N-dealkylation sites (N-methyl/N-ethyl adjacent to an activating group) is 1. The van der Waals surface area contributed by atoms with Crippen LogP contribution >= 0.6 is 0 Å². The van der Waals surface area contributed by atoms with Gasteiger partial charge in [0.15, 0.2) is 11.5 Å². The Morgan fingerprint density at radius 3 is 2.28 bits per heavy atom. The normalized spacial score (nSPS) is 21.4. The van der Waals surface area contributed by atoms with E-state index < -0.39 is 17.3 Å². The first-order valence-corrected chi connectivity index (χ1v) is 14.8. The third-order valence-corrected chi connectivity index (χ3v) is 9.26. The monoisotopic (exact) mass is 573 g/mol. The molecule has 0 radical (unpaired) electrons. The number of para-hydroxylation sites is 2. The number of anilines is 1. The summed E-state index contributed by atoms with van der Waals surface area (Å²) in [6.07, 6.45) is 6.13. The number of aliphatic carboxylic acids is 1. The Morgan fingerprint density at radius 1 is 0.977 bits per heavy atom. The van der Waals surface area contributed by atoms with Crippen LogP contribution in [0.1, 0.15) is 64.5 Å². The Bertz CT molecular complexity index is 1720. The van der Waals surface area contributed by atoms with Gasteiger partial charge in [-0.2, -0.15) is 15.1 Å². The summed E-state index contributed by atoms with van der Waals surface area (Å²) < 4.78 is 2.21. The van der Waals surface area contributed by atoms with Crippen LogP contribution < -0.4 is 4.90 Å². The highest BCUT2D eigenvalue weighted by molar-refractivity contribution is 6.19. The number of allylic oxidation sites excluding steroid dienone is 6. The van der Waals surface area contributed by atoms with Crippen LogP contribution in [0.25, 0.3) is 0 Å². The minimum absolute atomic E-state index is 0.0437. The number of ketones is 1. The molecule has 43 heavy (non-hydrogen) atoms. The second-order valence-corrected chi connectivity index (χ2v) is 12.5. The number of rotatable bonds is 8. The van der Waals surface area contributed by atoms with E-state index in [1.165, 1.54) is 0 Å². The van der Waals surface area contributed by atoms with E-state index in [2.05, 4.69) is 73.6 Å². The Labute approximate surface area is 253 Å². The van der Waals surface area contributed by atoms with Crippen molar-refractivity contribution in [2.24, 2.45) is 5.92 Å². The van der Waals surface area contributed by atoms with Crippen molar-refractivity contribution in [3.8, 4) is 12.1 Å². The molecule has 0 aromatic heterocycles. The molecule has 218 valence electrons. The number of Topliss-reactive ketones (excluding diaryl/α,β-unsaturated/α-hetero) is 1. The van der Waals surface area contributed by atoms with Crippen molar-refractivity contribution in [2.45, 2.75) is 64.2 Å². The van der Waals surface area contributed by atoms with Crippen LogP contribution in [0.5, 0.6) is 0 Å². The number of carbonyl (C=O) groups excluding carboxylic acids is 1. The molecular formula is C36H37N4O3+. The number of benzene rings is 2. The molecule has 0 spiro atoms. The number of nitriles is 2. The lowest BCUT2D eigenvalue weighted by Gasteiger charge is -2.33. The fourth-order valence-electron chi connectivity index (χ4n) is 6.93. The molecule has 1 aliphatic carbocycles. The van der Waals surface area contributed by atoms with Gasteiger partial charge < -0.3 is 10.0 Å². The van der Waals surface area contributed by atoms with Crippen LogP contribution in [-0.2, 0) is 20.4 Å². The Kier molecular flexibility index (Phi) is 7.71. The first-order chi connectivity index (χ1) is 20.4. The lowest BCUT2D eigenvalue weighted by molar-refractivity contribution is -0.438. The average molecular weight is 574 g/mol. The van der Waals surface area contributed by atoms with Gasteiger partial charge in [-0.3, -0.25) is 9.59 Å². The Balaban J connectivity index is 1.57. The molecule has 2 aromatic carbocycles. The van der Waals surface area contributed by atoms with E-state index in [0.717, 1.165) is 46.8 Å². The molecule has 1 unspecified atom stereocenters. The molecule has 0 saturated heterocycles. The van der Waals surface area contributed by atoms with E-state index in [0.29, 0.717) is 24.1 Å². The van der Waals surface area contributed by atoms with Crippen LogP contribution in [0.3, 0.4) is 0 Å². The van der Waals surface area contributed by atoms with Crippen LogP contribution in [0.15, 0.2) is 83.1 Å². The molecule has 2 heterocycles. The summed E-state index contributed by atoms with van der Waals surface area (Å²) in [5.74, 6) is -1.59. The van der Waals surface area contributed by atoms with E-state index in [4.69, 9.17) is 5.11 Å². The molecule has 0 amide bonds. The standard InChI is InChI=1S/C36H36N4O3/c1-35(2)26-13-8-10-15-28(26)39(5)30(35)19-24-33(23(21-37)22-38)25(34(24)43)20-31-36(3,4)27-14-9-11-16-29(27)40(31)18-12-6-7-17-32(41)42/h8-11,13-16,19-20,24H,6-7,12,17-18H2,1-5H3/p+1/b25-20+,30-19+. The number of nitrogens with zero attached hydrogens (tertiary/aromatic N) is 4. The average Bonchev–Trinajstić information content (AvgIpc) is 3.31. The Morgan fingerprint density at radius 2 is 1.63 bits per heavy atom. The van der Waals surface area contributed by atoms with Gasteiger partial charge in [0.25, 0.3) is 0 Å². The molecule has 2 aliphatic heterocycles. The van der Waals surface area contributed by atoms with Crippen LogP contribution in [0, 0.1) is 28.6 Å². The first-order valence-electron chi connectivity index (χ1n) is 14.8. The summed E-state index contributed by atoms with van der Waals surface area (Å²) in [4.78, 5) is 27.0. The summed E-state index contributed by atoms with van der Waals surface area (Å²) in [6.45, 7) is 9.17. The van der Waals surface area contributed by atoms with Gasteiger partial charge in [0.1, 0.15) is 24.3 Å². The minimum Gasteiger partial charge on any atom is -0.481 e. The molecular weight excluding hydrogens is 536 g/mol. The lowest BCUT2D eigenvalue weighted by atomic mass is 9.68. The van der Waals surface area contributed by atoms with Gasteiger partial charge in [-0.15, -0.1) is 0 Å². The van der Waals surface area contributed by atoms with Crippen molar-refractivity contribution >= 4 is 28.8 Å². The first kappa shape index (κ1) is 29.7. The third kappa shape index (κ3) is 4.89. The molecule has 1 atom stereocenters. The zero-order valence-corrected chi connectivity index (χ0v) is 25.4. The molecule has 1 saturated carbocycles. The minimum atomic E-state index is -0.793. The SMILES string of the molecule is CN1/C(=C/C2C(=O)/C(=C/C3=[N+](CCCCCC(=O)O)c4ccccc4C3(C)C)C2=C(C#N)C#N)C(C)(C)c2ccccc21. The highest BCUT2D eigenvalue weighted by atomic mass is 16.4. The summed E-state index contributed by atoms with van der Waals surface area (Å²) in [5, 5.41) is 28.9. The smallest absolute Gasteiger partial charge is 0.303 e. The number of carboxylic acid groups (broad SMARTS) is 1. The quantitative estimate of drug-likeness (QED) is 0.167. The second-order valence-electron chi connectivity index (χ2n) is 12.5. The molecule has 7 nitrogen and oxygen atoms in total. The fraction of sp³-hybridized carbons (Fsp3) is 0.361. The number of unbranched alkanes of at least 4 members (excludes halogenated alkanes) is 2. The maximum absolute atomic E-state index is 14.0. The number of carbonyl (C=O) groups is 2. The van der Waals surface area contributed by atoms with Gasteiger partial charge in [-0.1, -0.05) is 50.2 Å². The summed E-state index contributed by atoms with van der Waals surface area (Å²) in [5.41, 5.74) is 6.39. The number of carboxylic acids is 1. The Hall–Kier alpha value is -4.75. The predicted molar refractivity (Wildman–Crippen MR) is 166 cm³/mol. The van der Waals surface area contributed by atoms with Gasteiger partial charge >= 0.3 is 5.97 Å². The van der Waals surface area contributed by atoms with Gasteiger partial charge in [0, 0.05) is 65.5 Å². The van der Waals surface area contributed by atoms with Crippen molar-refractivity contribution in [3.05, 3.63) is 94.2 Å². The van der Waals surface area contributed by atoms with Gasteiger partial charge in [-0.25, -0.2) is 0 Å². The van der Waals surface area contributed by atoms with Crippen molar-refractivity contribution in [2.75, 3.05) is 18.5 Å². The molecule has 3 aliphatic rings. The summed E-state index contributed by atoms with van der Waals surface area (Å²) in [7, 11) is 1.99. The van der Waals surface area contributed by atoms with E-state index in [9.17, 15) is 20.1 Å². The predicted octanol–water partition coefficient (Wildman–Crippen LogP) is 6.49.